The number of carbonyl (C=O) groups excluding carboxylic acids is 2. The van der Waals surface area contributed by atoms with E-state index in [2.05, 4.69) is 4.90 Å². The highest BCUT2D eigenvalue weighted by molar-refractivity contribution is 6.30. The molecule has 0 fully saturated rings. The molecule has 35 heavy (non-hydrogen) atoms. The zero-order chi connectivity index (χ0) is 24.5. The number of nitrogens with zero attached hydrogens (tertiary/aromatic N) is 1. The molecule has 2 aliphatic heterocycles. The summed E-state index contributed by atoms with van der Waals surface area (Å²) in [4.78, 5) is 27.0. The van der Waals surface area contributed by atoms with Gasteiger partial charge in [0.15, 0.2) is 5.76 Å². The number of fused-ring (bicyclic) bond motifs is 2. The van der Waals surface area contributed by atoms with Crippen molar-refractivity contribution < 1.29 is 23.8 Å². The van der Waals surface area contributed by atoms with E-state index in [9.17, 15) is 9.59 Å². The summed E-state index contributed by atoms with van der Waals surface area (Å²) >= 11 is 5.98. The third-order valence-electron chi connectivity index (χ3n) is 6.26. The quantitative estimate of drug-likeness (QED) is 0.351. The van der Waals surface area contributed by atoms with E-state index in [4.69, 9.17) is 25.8 Å². The number of Topliss-reactive ketones (excluding diaryl/α,β-unsaturated/α-hetero) is 1. The number of halogens is 1. The maximum atomic E-state index is 13.1. The van der Waals surface area contributed by atoms with Crippen molar-refractivity contribution in [2.45, 2.75) is 19.9 Å². The number of carbonyl (C=O) groups is 2. The Morgan fingerprint density at radius 2 is 1.86 bits per heavy atom. The Morgan fingerprint density at radius 3 is 2.57 bits per heavy atom. The Hall–Kier alpha value is -3.61. The monoisotopic (exact) mass is 489 g/mol. The lowest BCUT2D eigenvalue weighted by molar-refractivity contribution is 0.0600. The van der Waals surface area contributed by atoms with Crippen LogP contribution in [0.1, 0.15) is 43.0 Å². The van der Waals surface area contributed by atoms with Crippen LogP contribution in [0.25, 0.3) is 6.08 Å². The summed E-state index contributed by atoms with van der Waals surface area (Å²) in [6, 6.07) is 16.6. The average molecular weight is 490 g/mol. The molecule has 0 saturated carbocycles. The van der Waals surface area contributed by atoms with Crippen LogP contribution in [0, 0.1) is 6.92 Å². The topological polar surface area (TPSA) is 65.1 Å². The minimum absolute atomic E-state index is 0.166. The standard InChI is InChI=1S/C28H24ClNO5/c1-17-26-21(15-30(16-34-26)12-11-18-5-9-22(29)10-6-18)14-23-25(31)24(35-27(17)23)13-19-3-7-20(8-4-19)28(32)33-2/h3-10,13-14H,11-12,15-16H2,1-2H3/b24-13-. The summed E-state index contributed by atoms with van der Waals surface area (Å²) < 4.78 is 16.8. The Kier molecular flexibility index (Phi) is 6.32. The fourth-order valence-corrected chi connectivity index (χ4v) is 4.49. The summed E-state index contributed by atoms with van der Waals surface area (Å²) in [6.45, 7) is 3.92. The van der Waals surface area contributed by atoms with E-state index in [-0.39, 0.29) is 11.5 Å². The summed E-state index contributed by atoms with van der Waals surface area (Å²) in [5, 5.41) is 0.729. The van der Waals surface area contributed by atoms with Gasteiger partial charge >= 0.3 is 5.97 Å². The SMILES string of the molecule is COC(=O)c1ccc(/C=C2\Oc3c(cc4c(c3C)OCN(CCc3ccc(Cl)cc3)C4)C2=O)cc1. The second kappa shape index (κ2) is 9.56. The molecule has 3 aromatic rings. The number of benzene rings is 3. The first kappa shape index (κ1) is 23.1. The van der Waals surface area contributed by atoms with Crippen LogP contribution in [0.15, 0.2) is 60.4 Å². The summed E-state index contributed by atoms with van der Waals surface area (Å²) in [6.07, 6.45) is 2.56. The molecule has 5 rings (SSSR count). The molecule has 2 aliphatic rings. The van der Waals surface area contributed by atoms with Crippen LogP contribution in [0.3, 0.4) is 0 Å². The highest BCUT2D eigenvalue weighted by Gasteiger charge is 2.33. The van der Waals surface area contributed by atoms with Crippen LogP contribution in [0.5, 0.6) is 11.5 Å². The van der Waals surface area contributed by atoms with Gasteiger partial charge in [0.05, 0.1) is 18.2 Å². The number of hydrogen-bond donors (Lipinski definition) is 0. The molecule has 0 unspecified atom stereocenters. The molecule has 0 N–H and O–H groups in total. The first-order valence-electron chi connectivity index (χ1n) is 11.3. The smallest absolute Gasteiger partial charge is 0.337 e. The van der Waals surface area contributed by atoms with Gasteiger partial charge in [-0.3, -0.25) is 9.69 Å². The van der Waals surface area contributed by atoms with Gasteiger partial charge in [-0.15, -0.1) is 0 Å². The van der Waals surface area contributed by atoms with Gasteiger partial charge in [0.25, 0.3) is 0 Å². The molecule has 6 nitrogen and oxygen atoms in total. The fraction of sp³-hybridized carbons (Fsp3) is 0.214. The number of rotatable bonds is 5. The van der Waals surface area contributed by atoms with E-state index in [1.807, 2.05) is 37.3 Å². The summed E-state index contributed by atoms with van der Waals surface area (Å²) in [5.41, 5.74) is 4.75. The lowest BCUT2D eigenvalue weighted by Gasteiger charge is -2.30. The lowest BCUT2D eigenvalue weighted by atomic mass is 9.99. The van der Waals surface area contributed by atoms with Crippen molar-refractivity contribution in [1.82, 2.24) is 4.90 Å². The second-order valence-electron chi connectivity index (χ2n) is 8.62. The van der Waals surface area contributed by atoms with E-state index in [1.54, 1.807) is 30.3 Å². The van der Waals surface area contributed by atoms with Gasteiger partial charge in [0, 0.05) is 29.2 Å². The van der Waals surface area contributed by atoms with Crippen LogP contribution in [-0.4, -0.2) is 37.0 Å². The average Bonchev–Trinajstić information content (AvgIpc) is 3.19. The molecule has 178 valence electrons. The third kappa shape index (κ3) is 4.67. The van der Waals surface area contributed by atoms with Crippen LogP contribution in [0.2, 0.25) is 5.02 Å². The number of allylic oxidation sites excluding steroid dienone is 1. The van der Waals surface area contributed by atoms with Gasteiger partial charge in [0.1, 0.15) is 18.2 Å². The molecule has 7 heteroatoms. The van der Waals surface area contributed by atoms with Crippen molar-refractivity contribution in [2.75, 3.05) is 20.4 Å². The molecule has 0 radical (unpaired) electrons. The van der Waals surface area contributed by atoms with Crippen molar-refractivity contribution in [3.05, 3.63) is 98.8 Å². The Balaban J connectivity index is 1.33. The maximum absolute atomic E-state index is 13.1. The van der Waals surface area contributed by atoms with E-state index < -0.39 is 5.97 Å². The summed E-state index contributed by atoms with van der Waals surface area (Å²) in [5.74, 6) is 0.995. The normalized spacial score (nSPS) is 15.9. The predicted octanol–water partition coefficient (Wildman–Crippen LogP) is 5.45. The highest BCUT2D eigenvalue weighted by atomic mass is 35.5. The molecule has 3 aromatic carbocycles. The second-order valence-corrected chi connectivity index (χ2v) is 9.06. The molecule has 0 amide bonds. The molecular weight excluding hydrogens is 466 g/mol. The zero-order valence-corrected chi connectivity index (χ0v) is 20.2. The summed E-state index contributed by atoms with van der Waals surface area (Å²) in [7, 11) is 1.34. The molecule has 0 aliphatic carbocycles. The van der Waals surface area contributed by atoms with Crippen LogP contribution in [-0.2, 0) is 17.7 Å². The molecule has 0 bridgehead atoms. The van der Waals surface area contributed by atoms with Gasteiger partial charge in [-0.1, -0.05) is 35.9 Å². The maximum Gasteiger partial charge on any atom is 0.337 e. The van der Waals surface area contributed by atoms with Crippen LogP contribution in [0.4, 0.5) is 0 Å². The van der Waals surface area contributed by atoms with Gasteiger partial charge in [-0.25, -0.2) is 4.79 Å². The predicted molar refractivity (Wildman–Crippen MR) is 133 cm³/mol. The lowest BCUT2D eigenvalue weighted by Crippen LogP contribution is -2.34. The minimum Gasteiger partial charge on any atom is -0.477 e. The van der Waals surface area contributed by atoms with E-state index in [0.717, 1.165) is 40.4 Å². The van der Waals surface area contributed by atoms with Crippen molar-refractivity contribution in [3.63, 3.8) is 0 Å². The highest BCUT2D eigenvalue weighted by Crippen LogP contribution is 2.43. The van der Waals surface area contributed by atoms with Crippen molar-refractivity contribution >= 4 is 29.4 Å². The molecule has 2 heterocycles. The number of ketones is 1. The number of methoxy groups -OCH3 is 1. The van der Waals surface area contributed by atoms with Crippen molar-refractivity contribution in [2.24, 2.45) is 0 Å². The van der Waals surface area contributed by atoms with E-state index >= 15 is 0 Å². The van der Waals surface area contributed by atoms with Crippen molar-refractivity contribution in [1.29, 1.82) is 0 Å². The number of ether oxygens (including phenoxy) is 3. The Labute approximate surface area is 208 Å². The molecular formula is C28H24ClNO5. The van der Waals surface area contributed by atoms with Gasteiger partial charge in [-0.05, 0) is 60.9 Å². The molecule has 0 aromatic heterocycles. The first-order chi connectivity index (χ1) is 16.9. The largest absolute Gasteiger partial charge is 0.477 e. The molecule has 0 spiro atoms. The molecule has 0 saturated heterocycles. The number of esters is 1. The zero-order valence-electron chi connectivity index (χ0n) is 19.5. The van der Waals surface area contributed by atoms with Crippen LogP contribution >= 0.6 is 11.6 Å². The minimum atomic E-state index is -0.409. The van der Waals surface area contributed by atoms with E-state index in [1.165, 1.54) is 12.7 Å². The van der Waals surface area contributed by atoms with E-state index in [0.29, 0.717) is 30.2 Å². The van der Waals surface area contributed by atoms with Gasteiger partial charge < -0.3 is 14.2 Å². The third-order valence-corrected chi connectivity index (χ3v) is 6.51. The molecule has 0 atom stereocenters. The van der Waals surface area contributed by atoms with Gasteiger partial charge in [0.2, 0.25) is 5.78 Å². The Morgan fingerprint density at radius 1 is 1.11 bits per heavy atom. The van der Waals surface area contributed by atoms with Gasteiger partial charge in [-0.2, -0.15) is 0 Å². The first-order valence-corrected chi connectivity index (χ1v) is 11.7. The Bertz CT molecular complexity index is 1330. The fourth-order valence-electron chi connectivity index (χ4n) is 4.36. The van der Waals surface area contributed by atoms with Crippen molar-refractivity contribution in [3.8, 4) is 11.5 Å². The number of hydrogen-bond acceptors (Lipinski definition) is 6. The van der Waals surface area contributed by atoms with Crippen LogP contribution < -0.4 is 9.47 Å².